The zero-order valence-electron chi connectivity index (χ0n) is 18.0. The highest BCUT2D eigenvalue weighted by Gasteiger charge is 2.22. The summed E-state index contributed by atoms with van der Waals surface area (Å²) in [6, 6.07) is 17.9. The summed E-state index contributed by atoms with van der Waals surface area (Å²) in [6.07, 6.45) is 10.2. The van der Waals surface area contributed by atoms with Crippen molar-refractivity contribution in [3.8, 4) is 28.5 Å². The van der Waals surface area contributed by atoms with Crippen molar-refractivity contribution in [1.29, 1.82) is 0 Å². The molecule has 0 N–H and O–H groups in total. The first-order valence-electron chi connectivity index (χ1n) is 11.0. The van der Waals surface area contributed by atoms with Crippen molar-refractivity contribution < 1.29 is 4.42 Å². The van der Waals surface area contributed by atoms with Crippen molar-refractivity contribution >= 4 is 0 Å². The third-order valence-corrected chi connectivity index (χ3v) is 5.91. The second kappa shape index (κ2) is 8.44. The van der Waals surface area contributed by atoms with Crippen molar-refractivity contribution in [3.63, 3.8) is 0 Å². The molecular formula is C26H22N6O. The molecule has 0 fully saturated rings. The summed E-state index contributed by atoms with van der Waals surface area (Å²) in [5.41, 5.74) is 6.32. The van der Waals surface area contributed by atoms with Crippen LogP contribution in [-0.4, -0.2) is 36.2 Å². The molecule has 162 valence electrons. The van der Waals surface area contributed by atoms with E-state index in [1.807, 2.05) is 53.3 Å². The molecule has 0 bridgehead atoms. The number of para-hydroxylation sites is 1. The molecule has 1 aromatic carbocycles. The van der Waals surface area contributed by atoms with Gasteiger partial charge in [0.2, 0.25) is 0 Å². The fourth-order valence-electron chi connectivity index (χ4n) is 4.25. The highest BCUT2D eigenvalue weighted by Crippen LogP contribution is 2.27. The minimum atomic E-state index is 0.758. The molecule has 0 radical (unpaired) electrons. The Morgan fingerprint density at radius 3 is 2.67 bits per heavy atom. The summed E-state index contributed by atoms with van der Waals surface area (Å²) < 4.78 is 7.62. The molecule has 4 aromatic heterocycles. The van der Waals surface area contributed by atoms with Crippen LogP contribution in [0.3, 0.4) is 0 Å². The Labute approximate surface area is 191 Å². The highest BCUT2D eigenvalue weighted by molar-refractivity contribution is 5.57. The van der Waals surface area contributed by atoms with Gasteiger partial charge in [0.05, 0.1) is 17.6 Å². The SMILES string of the molecule is c1ccc(-n2cc(CN3CCc4nc(-c5ccncc5)ncc4C3)c(-c3ccco3)n2)cc1. The van der Waals surface area contributed by atoms with E-state index in [0.29, 0.717) is 0 Å². The second-order valence-electron chi connectivity index (χ2n) is 8.12. The molecule has 0 unspecified atom stereocenters. The highest BCUT2D eigenvalue weighted by atomic mass is 16.3. The quantitative estimate of drug-likeness (QED) is 0.404. The number of benzene rings is 1. The molecule has 0 aliphatic carbocycles. The molecule has 0 spiro atoms. The lowest BCUT2D eigenvalue weighted by Gasteiger charge is -2.27. The molecule has 6 rings (SSSR count). The van der Waals surface area contributed by atoms with E-state index in [1.165, 1.54) is 5.56 Å². The molecule has 1 aliphatic heterocycles. The molecule has 1 aliphatic rings. The topological polar surface area (TPSA) is 72.9 Å². The maximum atomic E-state index is 5.69. The number of aromatic nitrogens is 5. The molecule has 0 atom stereocenters. The van der Waals surface area contributed by atoms with Crippen molar-refractivity contribution in [3.05, 3.63) is 102 Å². The van der Waals surface area contributed by atoms with Crippen LogP contribution in [0, 0.1) is 0 Å². The average Bonchev–Trinajstić information content (AvgIpc) is 3.55. The van der Waals surface area contributed by atoms with E-state index in [9.17, 15) is 0 Å². The Balaban J connectivity index is 1.26. The molecule has 7 nitrogen and oxygen atoms in total. The maximum absolute atomic E-state index is 5.69. The smallest absolute Gasteiger partial charge is 0.159 e. The van der Waals surface area contributed by atoms with Gasteiger partial charge in [-0.2, -0.15) is 5.10 Å². The van der Waals surface area contributed by atoms with E-state index in [0.717, 1.165) is 65.8 Å². The number of furan rings is 1. The minimum absolute atomic E-state index is 0.758. The number of hydrogen-bond acceptors (Lipinski definition) is 6. The van der Waals surface area contributed by atoms with Crippen LogP contribution in [0.2, 0.25) is 0 Å². The maximum Gasteiger partial charge on any atom is 0.159 e. The van der Waals surface area contributed by atoms with Gasteiger partial charge < -0.3 is 4.42 Å². The molecule has 5 aromatic rings. The zero-order chi connectivity index (χ0) is 22.0. The summed E-state index contributed by atoms with van der Waals surface area (Å²) in [4.78, 5) is 15.9. The van der Waals surface area contributed by atoms with Gasteiger partial charge in [0, 0.05) is 67.5 Å². The summed E-state index contributed by atoms with van der Waals surface area (Å²) in [6.45, 7) is 2.50. The summed E-state index contributed by atoms with van der Waals surface area (Å²) >= 11 is 0. The fourth-order valence-corrected chi connectivity index (χ4v) is 4.25. The van der Waals surface area contributed by atoms with Gasteiger partial charge in [0.25, 0.3) is 0 Å². The van der Waals surface area contributed by atoms with Crippen LogP contribution in [0.5, 0.6) is 0 Å². The summed E-state index contributed by atoms with van der Waals surface area (Å²) in [7, 11) is 0. The van der Waals surface area contributed by atoms with E-state index in [2.05, 4.69) is 33.2 Å². The van der Waals surface area contributed by atoms with E-state index >= 15 is 0 Å². The van der Waals surface area contributed by atoms with Crippen LogP contribution in [0.4, 0.5) is 0 Å². The monoisotopic (exact) mass is 434 g/mol. The van der Waals surface area contributed by atoms with Crippen LogP contribution in [-0.2, 0) is 19.5 Å². The van der Waals surface area contributed by atoms with Gasteiger partial charge in [0.1, 0.15) is 5.69 Å². The van der Waals surface area contributed by atoms with Gasteiger partial charge >= 0.3 is 0 Å². The Hall–Kier alpha value is -4.10. The van der Waals surface area contributed by atoms with Gasteiger partial charge in [-0.1, -0.05) is 18.2 Å². The second-order valence-corrected chi connectivity index (χ2v) is 8.12. The Morgan fingerprint density at radius 1 is 0.970 bits per heavy atom. The van der Waals surface area contributed by atoms with E-state index in [4.69, 9.17) is 14.5 Å². The molecular weight excluding hydrogens is 412 g/mol. The minimum Gasteiger partial charge on any atom is -0.463 e. The van der Waals surface area contributed by atoms with E-state index in [1.54, 1.807) is 18.7 Å². The van der Waals surface area contributed by atoms with Crippen molar-refractivity contribution in [1.82, 2.24) is 29.6 Å². The summed E-state index contributed by atoms with van der Waals surface area (Å²) in [5.74, 6) is 1.54. The van der Waals surface area contributed by atoms with Crippen molar-refractivity contribution in [2.75, 3.05) is 6.54 Å². The lowest BCUT2D eigenvalue weighted by atomic mass is 10.1. The largest absolute Gasteiger partial charge is 0.463 e. The number of nitrogens with zero attached hydrogens (tertiary/aromatic N) is 6. The zero-order valence-corrected chi connectivity index (χ0v) is 18.0. The van der Waals surface area contributed by atoms with Crippen molar-refractivity contribution in [2.45, 2.75) is 19.5 Å². The van der Waals surface area contributed by atoms with E-state index in [-0.39, 0.29) is 0 Å². The Kier molecular flexibility index (Phi) is 5.01. The van der Waals surface area contributed by atoms with Crippen molar-refractivity contribution in [2.24, 2.45) is 0 Å². The average molecular weight is 435 g/mol. The third kappa shape index (κ3) is 3.94. The molecule has 33 heavy (non-hydrogen) atoms. The number of fused-ring (bicyclic) bond motifs is 1. The van der Waals surface area contributed by atoms with Crippen LogP contribution < -0.4 is 0 Å². The standard InChI is InChI=1S/C26H22N6O/c1-2-5-22(6-3-1)32-18-21(25(30-32)24-7-4-14-33-24)17-31-13-10-23-20(16-31)15-28-26(29-23)19-8-11-27-12-9-19/h1-9,11-12,14-15,18H,10,13,16-17H2. The Morgan fingerprint density at radius 2 is 1.85 bits per heavy atom. The van der Waals surface area contributed by atoms with Gasteiger partial charge in [-0.15, -0.1) is 0 Å². The fraction of sp³-hybridized carbons (Fsp3) is 0.154. The molecule has 7 heteroatoms. The van der Waals surface area contributed by atoms with Crippen LogP contribution in [0.1, 0.15) is 16.8 Å². The van der Waals surface area contributed by atoms with Gasteiger partial charge in [0.15, 0.2) is 11.6 Å². The number of pyridine rings is 1. The lowest BCUT2D eigenvalue weighted by Crippen LogP contribution is -2.31. The predicted octanol–water partition coefficient (Wildman–Crippen LogP) is 4.54. The van der Waals surface area contributed by atoms with Crippen LogP contribution in [0.25, 0.3) is 28.5 Å². The number of rotatable bonds is 5. The van der Waals surface area contributed by atoms with Gasteiger partial charge in [-0.05, 0) is 36.4 Å². The Bertz CT molecular complexity index is 1360. The lowest BCUT2D eigenvalue weighted by molar-refractivity contribution is 0.243. The molecule has 0 amide bonds. The van der Waals surface area contributed by atoms with E-state index < -0.39 is 0 Å². The number of hydrogen-bond donors (Lipinski definition) is 0. The first-order valence-corrected chi connectivity index (χ1v) is 11.0. The van der Waals surface area contributed by atoms with Crippen LogP contribution >= 0.6 is 0 Å². The third-order valence-electron chi connectivity index (χ3n) is 5.91. The van der Waals surface area contributed by atoms with Crippen LogP contribution in [0.15, 0.2) is 90.1 Å². The van der Waals surface area contributed by atoms with Gasteiger partial charge in [-0.3, -0.25) is 9.88 Å². The first-order chi connectivity index (χ1) is 16.3. The van der Waals surface area contributed by atoms with Gasteiger partial charge in [-0.25, -0.2) is 14.6 Å². The summed E-state index contributed by atoms with van der Waals surface area (Å²) in [5, 5.41) is 4.84. The molecule has 0 saturated heterocycles. The first kappa shape index (κ1) is 19.6. The molecule has 0 saturated carbocycles. The normalized spacial score (nSPS) is 13.7. The predicted molar refractivity (Wildman–Crippen MR) is 124 cm³/mol. The molecule has 5 heterocycles.